The Morgan fingerprint density at radius 1 is 1.28 bits per heavy atom. The lowest BCUT2D eigenvalue weighted by molar-refractivity contribution is 0.00506. The first kappa shape index (κ1) is 22.4. The molecule has 0 amide bonds. The standard InChI is InChI=1S/C20H32FN3O4S/c1-3-27-20-17(11-15(21)12-23-20)14-6-8-16(9-7-14)28-13-19-18(5-4-10-22-19)24-29(2,25)26/h11-12,14,16,18-19,22,24H,3-10,13H2,1-2H3/t14?,16?,18-,19-/m0/s1. The van der Waals surface area contributed by atoms with Crippen molar-refractivity contribution in [3.63, 3.8) is 0 Å². The Kier molecular flexibility index (Phi) is 7.84. The molecular formula is C20H32FN3O4S. The van der Waals surface area contributed by atoms with Crippen molar-refractivity contribution in [2.24, 2.45) is 0 Å². The van der Waals surface area contributed by atoms with E-state index in [-0.39, 0.29) is 29.9 Å². The second kappa shape index (κ2) is 10.1. The fourth-order valence-electron chi connectivity index (χ4n) is 4.32. The van der Waals surface area contributed by atoms with Crippen molar-refractivity contribution in [2.75, 3.05) is 26.0 Å². The summed E-state index contributed by atoms with van der Waals surface area (Å²) in [5, 5.41) is 3.38. The highest BCUT2D eigenvalue weighted by Crippen LogP contribution is 2.38. The van der Waals surface area contributed by atoms with Crippen molar-refractivity contribution < 1.29 is 22.3 Å². The molecule has 1 saturated carbocycles. The van der Waals surface area contributed by atoms with E-state index >= 15 is 0 Å². The molecule has 3 rings (SSSR count). The molecule has 0 bridgehead atoms. The van der Waals surface area contributed by atoms with Gasteiger partial charge in [0, 0.05) is 17.6 Å². The largest absolute Gasteiger partial charge is 0.478 e. The number of pyridine rings is 1. The number of halogens is 1. The summed E-state index contributed by atoms with van der Waals surface area (Å²) in [4.78, 5) is 4.10. The van der Waals surface area contributed by atoms with Gasteiger partial charge < -0.3 is 14.8 Å². The van der Waals surface area contributed by atoms with Gasteiger partial charge in [-0.25, -0.2) is 22.5 Å². The molecule has 2 heterocycles. The van der Waals surface area contributed by atoms with Gasteiger partial charge in [-0.15, -0.1) is 0 Å². The summed E-state index contributed by atoms with van der Waals surface area (Å²) in [7, 11) is -3.24. The first-order valence-electron chi connectivity index (χ1n) is 10.5. The number of ether oxygens (including phenoxy) is 2. The molecule has 1 aliphatic carbocycles. The van der Waals surface area contributed by atoms with E-state index in [1.54, 1.807) is 0 Å². The van der Waals surface area contributed by atoms with Crippen LogP contribution in [0.15, 0.2) is 12.3 Å². The molecule has 164 valence electrons. The average Bonchev–Trinajstić information content (AvgIpc) is 2.68. The molecule has 2 atom stereocenters. The number of aromatic nitrogens is 1. The van der Waals surface area contributed by atoms with Crippen LogP contribution in [0.5, 0.6) is 5.88 Å². The Morgan fingerprint density at radius 3 is 2.72 bits per heavy atom. The predicted octanol–water partition coefficient (Wildman–Crippen LogP) is 2.33. The first-order chi connectivity index (χ1) is 13.9. The molecule has 2 aliphatic rings. The normalized spacial score (nSPS) is 28.2. The van der Waals surface area contributed by atoms with Crippen molar-refractivity contribution in [3.8, 4) is 5.88 Å². The lowest BCUT2D eigenvalue weighted by atomic mass is 9.83. The summed E-state index contributed by atoms with van der Waals surface area (Å²) in [6, 6.07) is 1.38. The van der Waals surface area contributed by atoms with Gasteiger partial charge in [0.2, 0.25) is 15.9 Å². The zero-order valence-electron chi connectivity index (χ0n) is 17.2. The molecule has 0 radical (unpaired) electrons. The SMILES string of the molecule is CCOc1ncc(F)cc1C1CCC(OC[C@@H]2NCCC[C@@H]2NS(C)(=O)=O)CC1. The molecule has 29 heavy (non-hydrogen) atoms. The molecule has 9 heteroatoms. The lowest BCUT2D eigenvalue weighted by Crippen LogP contribution is -2.55. The highest BCUT2D eigenvalue weighted by molar-refractivity contribution is 7.88. The van der Waals surface area contributed by atoms with E-state index in [4.69, 9.17) is 9.47 Å². The van der Waals surface area contributed by atoms with E-state index in [0.717, 1.165) is 50.6 Å². The maximum atomic E-state index is 13.7. The molecule has 2 N–H and O–H groups in total. The smallest absolute Gasteiger partial charge is 0.216 e. The fourth-order valence-corrected chi connectivity index (χ4v) is 5.15. The van der Waals surface area contributed by atoms with Crippen molar-refractivity contribution in [1.29, 1.82) is 0 Å². The summed E-state index contributed by atoms with van der Waals surface area (Å²) >= 11 is 0. The van der Waals surface area contributed by atoms with E-state index in [9.17, 15) is 12.8 Å². The van der Waals surface area contributed by atoms with Gasteiger partial charge >= 0.3 is 0 Å². The van der Waals surface area contributed by atoms with Crippen LogP contribution in [0.3, 0.4) is 0 Å². The summed E-state index contributed by atoms with van der Waals surface area (Å²) in [6.07, 6.45) is 7.81. The number of sulfonamides is 1. The predicted molar refractivity (Wildman–Crippen MR) is 109 cm³/mol. The van der Waals surface area contributed by atoms with Gasteiger partial charge in [-0.3, -0.25) is 0 Å². The number of nitrogens with one attached hydrogen (secondary N) is 2. The van der Waals surface area contributed by atoms with Gasteiger partial charge in [-0.2, -0.15) is 0 Å². The fraction of sp³-hybridized carbons (Fsp3) is 0.750. The molecule has 1 saturated heterocycles. The number of nitrogens with zero attached hydrogens (tertiary/aromatic N) is 1. The van der Waals surface area contributed by atoms with Gasteiger partial charge in [0.1, 0.15) is 5.82 Å². The minimum absolute atomic E-state index is 0.0202. The second-order valence-electron chi connectivity index (χ2n) is 7.99. The lowest BCUT2D eigenvalue weighted by Gasteiger charge is -2.35. The van der Waals surface area contributed by atoms with Crippen LogP contribution in [0.4, 0.5) is 4.39 Å². The van der Waals surface area contributed by atoms with Crippen molar-refractivity contribution in [1.82, 2.24) is 15.0 Å². The second-order valence-corrected chi connectivity index (χ2v) is 9.77. The zero-order chi connectivity index (χ0) is 20.9. The number of rotatable bonds is 8. The molecule has 0 aromatic carbocycles. The third-order valence-electron chi connectivity index (χ3n) is 5.70. The third kappa shape index (κ3) is 6.60. The Balaban J connectivity index is 1.52. The summed E-state index contributed by atoms with van der Waals surface area (Å²) < 4.78 is 51.3. The van der Waals surface area contributed by atoms with Gasteiger partial charge in [-0.05, 0) is 64.0 Å². The van der Waals surface area contributed by atoms with Gasteiger partial charge in [0.05, 0.1) is 31.8 Å². The molecular weight excluding hydrogens is 397 g/mol. The van der Waals surface area contributed by atoms with Crippen molar-refractivity contribution >= 4 is 10.0 Å². The van der Waals surface area contributed by atoms with Crippen LogP contribution in [-0.4, -0.2) is 57.6 Å². The Hall–Kier alpha value is -1.29. The van der Waals surface area contributed by atoms with Crippen LogP contribution < -0.4 is 14.8 Å². The van der Waals surface area contributed by atoms with E-state index in [1.165, 1.54) is 18.5 Å². The minimum Gasteiger partial charge on any atom is -0.478 e. The summed E-state index contributed by atoms with van der Waals surface area (Å²) in [5.74, 6) is 0.404. The van der Waals surface area contributed by atoms with Gasteiger partial charge in [0.25, 0.3) is 0 Å². The molecule has 0 spiro atoms. The number of hydrogen-bond donors (Lipinski definition) is 2. The van der Waals surface area contributed by atoms with Crippen molar-refractivity contribution in [3.05, 3.63) is 23.6 Å². The highest BCUT2D eigenvalue weighted by Gasteiger charge is 2.30. The van der Waals surface area contributed by atoms with Crippen LogP contribution in [0.1, 0.15) is 56.9 Å². The maximum absolute atomic E-state index is 13.7. The summed E-state index contributed by atoms with van der Waals surface area (Å²) in [6.45, 7) is 3.75. The van der Waals surface area contributed by atoms with Crippen LogP contribution in [0.2, 0.25) is 0 Å². The molecule has 0 unspecified atom stereocenters. The van der Waals surface area contributed by atoms with Crippen LogP contribution in [0.25, 0.3) is 0 Å². The molecule has 1 aromatic rings. The quantitative estimate of drug-likeness (QED) is 0.659. The Morgan fingerprint density at radius 2 is 2.03 bits per heavy atom. The summed E-state index contributed by atoms with van der Waals surface area (Å²) in [5.41, 5.74) is 0.844. The molecule has 1 aliphatic heterocycles. The van der Waals surface area contributed by atoms with Crippen molar-refractivity contribution in [2.45, 2.75) is 69.6 Å². The average molecular weight is 430 g/mol. The number of piperidine rings is 1. The van der Waals surface area contributed by atoms with E-state index < -0.39 is 10.0 Å². The van der Waals surface area contributed by atoms with Crippen LogP contribution in [0, 0.1) is 5.82 Å². The maximum Gasteiger partial charge on any atom is 0.216 e. The molecule has 7 nitrogen and oxygen atoms in total. The third-order valence-corrected chi connectivity index (χ3v) is 6.43. The molecule has 2 fully saturated rings. The minimum atomic E-state index is -3.24. The highest BCUT2D eigenvalue weighted by atomic mass is 32.2. The zero-order valence-corrected chi connectivity index (χ0v) is 18.0. The first-order valence-corrected chi connectivity index (χ1v) is 12.4. The van der Waals surface area contributed by atoms with Gasteiger partial charge in [0.15, 0.2) is 0 Å². The Bertz CT molecular complexity index is 769. The van der Waals surface area contributed by atoms with Crippen LogP contribution in [-0.2, 0) is 14.8 Å². The van der Waals surface area contributed by atoms with Gasteiger partial charge in [-0.1, -0.05) is 0 Å². The monoisotopic (exact) mass is 429 g/mol. The molecule has 1 aromatic heterocycles. The van der Waals surface area contributed by atoms with E-state index in [0.29, 0.717) is 19.1 Å². The topological polar surface area (TPSA) is 89.6 Å². The van der Waals surface area contributed by atoms with E-state index in [2.05, 4.69) is 15.0 Å². The number of hydrogen-bond acceptors (Lipinski definition) is 6. The Labute approximate surface area is 172 Å². The van der Waals surface area contributed by atoms with Crippen LogP contribution >= 0.6 is 0 Å². The van der Waals surface area contributed by atoms with E-state index in [1.807, 2.05) is 6.92 Å².